The Bertz CT molecular complexity index is 1020. The number of hydrogen-bond acceptors (Lipinski definition) is 3. The highest BCUT2D eigenvalue weighted by Crippen LogP contribution is 2.43. The molecule has 4 nitrogen and oxygen atoms in total. The molecule has 2 aliphatic rings. The Morgan fingerprint density at radius 2 is 1.82 bits per heavy atom. The lowest BCUT2D eigenvalue weighted by molar-refractivity contribution is -0.138. The first kappa shape index (κ1) is 18.7. The molecule has 2 aromatic rings. The van der Waals surface area contributed by atoms with Gasteiger partial charge in [-0.05, 0) is 35.9 Å². The molecule has 4 rings (SSSR count). The first-order chi connectivity index (χ1) is 13.3. The SMILES string of the molecule is O=C1OCC2=C1[C@@H](c1cccc(Br)c1)CC(=O)N2c1cccc(C(F)(F)F)c1. The second-order valence-corrected chi connectivity index (χ2v) is 7.44. The summed E-state index contributed by atoms with van der Waals surface area (Å²) in [6.45, 7) is -0.152. The van der Waals surface area contributed by atoms with Gasteiger partial charge >= 0.3 is 12.1 Å². The van der Waals surface area contributed by atoms with Crippen molar-refractivity contribution in [1.82, 2.24) is 0 Å². The second kappa shape index (κ2) is 6.77. The Morgan fingerprint density at radius 3 is 2.54 bits per heavy atom. The first-order valence-corrected chi connectivity index (χ1v) is 9.21. The van der Waals surface area contributed by atoms with Crippen molar-refractivity contribution >= 4 is 33.5 Å². The van der Waals surface area contributed by atoms with E-state index in [1.54, 1.807) is 12.1 Å². The highest BCUT2D eigenvalue weighted by molar-refractivity contribution is 9.10. The average Bonchev–Trinajstić information content (AvgIpc) is 3.02. The minimum Gasteiger partial charge on any atom is -0.456 e. The van der Waals surface area contributed by atoms with Gasteiger partial charge in [0.05, 0.1) is 16.8 Å². The predicted molar refractivity (Wildman–Crippen MR) is 98.4 cm³/mol. The van der Waals surface area contributed by atoms with Gasteiger partial charge in [0.1, 0.15) is 6.61 Å². The Kier molecular flexibility index (Phi) is 4.53. The summed E-state index contributed by atoms with van der Waals surface area (Å²) >= 11 is 3.37. The topological polar surface area (TPSA) is 46.6 Å². The number of carbonyl (C=O) groups excluding carboxylic acids is 2. The number of rotatable bonds is 2. The van der Waals surface area contributed by atoms with Crippen LogP contribution in [0.5, 0.6) is 0 Å². The maximum atomic E-state index is 13.1. The molecule has 2 heterocycles. The van der Waals surface area contributed by atoms with Crippen molar-refractivity contribution in [3.63, 3.8) is 0 Å². The second-order valence-electron chi connectivity index (χ2n) is 6.53. The van der Waals surface area contributed by atoms with Crippen molar-refractivity contribution < 1.29 is 27.5 Å². The molecule has 0 unspecified atom stereocenters. The van der Waals surface area contributed by atoms with Crippen LogP contribution in [0.25, 0.3) is 0 Å². The molecule has 0 bridgehead atoms. The van der Waals surface area contributed by atoms with E-state index in [-0.39, 0.29) is 24.6 Å². The molecule has 0 aromatic heterocycles. The summed E-state index contributed by atoms with van der Waals surface area (Å²) in [6.07, 6.45) is -4.58. The van der Waals surface area contributed by atoms with Crippen LogP contribution < -0.4 is 4.90 Å². The summed E-state index contributed by atoms with van der Waals surface area (Å²) < 4.78 is 45.2. The number of cyclic esters (lactones) is 1. The van der Waals surface area contributed by atoms with E-state index >= 15 is 0 Å². The molecule has 2 aliphatic heterocycles. The molecule has 0 spiro atoms. The standard InChI is InChI=1S/C20H13BrF3NO3/c21-13-5-1-3-11(7-13)15-9-17(26)25(16-10-28-19(27)18(15)16)14-6-2-4-12(8-14)20(22,23)24/h1-8,15H,9-10H2/t15-/m1/s1. The summed E-state index contributed by atoms with van der Waals surface area (Å²) in [5.41, 5.74) is 0.580. The molecule has 1 atom stereocenters. The number of nitrogens with zero attached hydrogens (tertiary/aromatic N) is 1. The van der Waals surface area contributed by atoms with Crippen molar-refractivity contribution in [2.75, 3.05) is 11.5 Å². The van der Waals surface area contributed by atoms with E-state index in [9.17, 15) is 22.8 Å². The van der Waals surface area contributed by atoms with Gasteiger partial charge in [-0.1, -0.05) is 34.1 Å². The van der Waals surface area contributed by atoms with E-state index in [4.69, 9.17) is 4.74 Å². The van der Waals surface area contributed by atoms with Crippen LogP contribution in [0, 0.1) is 0 Å². The van der Waals surface area contributed by atoms with E-state index in [2.05, 4.69) is 15.9 Å². The molecule has 144 valence electrons. The van der Waals surface area contributed by atoms with Crippen molar-refractivity contribution in [2.45, 2.75) is 18.5 Å². The average molecular weight is 452 g/mol. The van der Waals surface area contributed by atoms with Crippen molar-refractivity contribution in [3.8, 4) is 0 Å². The Labute approximate surface area is 166 Å². The summed E-state index contributed by atoms with van der Waals surface area (Å²) in [7, 11) is 0. The van der Waals surface area contributed by atoms with Gasteiger partial charge in [0.15, 0.2) is 0 Å². The maximum Gasteiger partial charge on any atom is 0.416 e. The largest absolute Gasteiger partial charge is 0.456 e. The highest BCUT2D eigenvalue weighted by Gasteiger charge is 2.43. The Balaban J connectivity index is 1.82. The van der Waals surface area contributed by atoms with E-state index in [1.807, 2.05) is 12.1 Å². The summed E-state index contributed by atoms with van der Waals surface area (Å²) in [4.78, 5) is 26.5. The lowest BCUT2D eigenvalue weighted by atomic mass is 9.84. The fourth-order valence-corrected chi connectivity index (χ4v) is 4.00. The molecule has 0 aliphatic carbocycles. The number of amides is 1. The summed E-state index contributed by atoms with van der Waals surface area (Å²) in [5, 5.41) is 0. The fraction of sp³-hybridized carbons (Fsp3) is 0.200. The third kappa shape index (κ3) is 3.22. The van der Waals surface area contributed by atoms with E-state index in [0.29, 0.717) is 11.3 Å². The van der Waals surface area contributed by atoms with Gasteiger partial charge in [-0.2, -0.15) is 13.2 Å². The number of ether oxygens (including phenoxy) is 1. The lowest BCUT2D eigenvalue weighted by Crippen LogP contribution is -2.37. The molecule has 0 fully saturated rings. The number of benzene rings is 2. The van der Waals surface area contributed by atoms with Crippen LogP contribution in [0.3, 0.4) is 0 Å². The van der Waals surface area contributed by atoms with Crippen LogP contribution in [-0.2, 0) is 20.5 Å². The van der Waals surface area contributed by atoms with Gasteiger partial charge in [0.25, 0.3) is 0 Å². The Hall–Kier alpha value is -2.61. The van der Waals surface area contributed by atoms with Gasteiger partial charge in [-0.15, -0.1) is 0 Å². The van der Waals surface area contributed by atoms with Crippen molar-refractivity contribution in [1.29, 1.82) is 0 Å². The van der Waals surface area contributed by atoms with Gasteiger partial charge < -0.3 is 4.74 Å². The molecule has 28 heavy (non-hydrogen) atoms. The molecule has 0 saturated heterocycles. The normalized spacial score (nSPS) is 19.7. The molecular weight excluding hydrogens is 439 g/mol. The number of alkyl halides is 3. The predicted octanol–water partition coefficient (Wildman–Crippen LogP) is 4.80. The number of hydrogen-bond donors (Lipinski definition) is 0. The smallest absolute Gasteiger partial charge is 0.416 e. The minimum atomic E-state index is -4.53. The number of carbonyl (C=O) groups is 2. The maximum absolute atomic E-state index is 13.1. The van der Waals surface area contributed by atoms with Crippen LogP contribution >= 0.6 is 15.9 Å². The minimum absolute atomic E-state index is 0.0410. The summed E-state index contributed by atoms with van der Waals surface area (Å²) in [5.74, 6) is -1.44. The van der Waals surface area contributed by atoms with Gasteiger partial charge in [-0.3, -0.25) is 9.69 Å². The van der Waals surface area contributed by atoms with Gasteiger partial charge in [0.2, 0.25) is 5.91 Å². The van der Waals surface area contributed by atoms with Crippen molar-refractivity contribution in [3.05, 3.63) is 75.4 Å². The van der Waals surface area contributed by atoms with Crippen LogP contribution in [0.4, 0.5) is 18.9 Å². The van der Waals surface area contributed by atoms with Crippen LogP contribution in [0.2, 0.25) is 0 Å². The van der Waals surface area contributed by atoms with E-state index in [0.717, 1.165) is 22.2 Å². The third-order valence-electron chi connectivity index (χ3n) is 4.80. The first-order valence-electron chi connectivity index (χ1n) is 8.41. The lowest BCUT2D eigenvalue weighted by Gasteiger charge is -2.32. The van der Waals surface area contributed by atoms with Gasteiger partial charge in [0, 0.05) is 22.5 Å². The molecule has 8 heteroatoms. The zero-order valence-electron chi connectivity index (χ0n) is 14.3. The van der Waals surface area contributed by atoms with Crippen LogP contribution in [-0.4, -0.2) is 18.5 Å². The molecule has 0 saturated carbocycles. The van der Waals surface area contributed by atoms with Gasteiger partial charge in [-0.25, -0.2) is 4.79 Å². The number of esters is 1. The Morgan fingerprint density at radius 1 is 1.07 bits per heavy atom. The number of anilines is 1. The highest BCUT2D eigenvalue weighted by atomic mass is 79.9. The molecule has 2 aromatic carbocycles. The molecular formula is C20H13BrF3NO3. The molecule has 0 radical (unpaired) electrons. The summed E-state index contributed by atoms with van der Waals surface area (Å²) in [6, 6.07) is 11.7. The molecule has 1 amide bonds. The molecule has 0 N–H and O–H groups in total. The van der Waals surface area contributed by atoms with E-state index in [1.165, 1.54) is 17.0 Å². The monoisotopic (exact) mass is 451 g/mol. The van der Waals surface area contributed by atoms with E-state index < -0.39 is 23.6 Å². The fourth-order valence-electron chi connectivity index (χ4n) is 3.58. The van der Waals surface area contributed by atoms with Crippen LogP contribution in [0.15, 0.2) is 64.3 Å². The quantitative estimate of drug-likeness (QED) is 0.616. The zero-order valence-corrected chi connectivity index (χ0v) is 15.9. The van der Waals surface area contributed by atoms with Crippen molar-refractivity contribution in [2.24, 2.45) is 0 Å². The van der Waals surface area contributed by atoms with Crippen LogP contribution in [0.1, 0.15) is 23.5 Å². The zero-order chi connectivity index (χ0) is 20.1. The third-order valence-corrected chi connectivity index (χ3v) is 5.29. The number of halogens is 4.